The van der Waals surface area contributed by atoms with Crippen molar-refractivity contribution in [1.82, 2.24) is 10.2 Å². The van der Waals surface area contributed by atoms with Gasteiger partial charge in [-0.15, -0.1) is 0 Å². The molecule has 2 rings (SSSR count). The van der Waals surface area contributed by atoms with E-state index in [2.05, 4.69) is 5.32 Å². The Morgan fingerprint density at radius 3 is 2.57 bits per heavy atom. The average molecular weight is 292 g/mol. The second kappa shape index (κ2) is 6.13. The van der Waals surface area contributed by atoms with Gasteiger partial charge in [-0.2, -0.15) is 0 Å². The molecule has 0 saturated carbocycles. The van der Waals surface area contributed by atoms with E-state index in [1.807, 2.05) is 13.8 Å². The summed E-state index contributed by atoms with van der Waals surface area (Å²) in [5.41, 5.74) is 0.0895. The Bertz CT molecular complexity index is 516. The molecule has 1 atom stereocenters. The smallest absolute Gasteiger partial charge is 0.330 e. The van der Waals surface area contributed by atoms with Crippen LogP contribution in [-0.4, -0.2) is 47.3 Å². The van der Waals surface area contributed by atoms with Gasteiger partial charge in [0.25, 0.3) is 0 Å². The predicted molar refractivity (Wildman–Crippen MR) is 77.0 cm³/mol. The van der Waals surface area contributed by atoms with Gasteiger partial charge in [-0.25, -0.2) is 9.59 Å². The molecule has 0 unspecified atom stereocenters. The molecule has 6 nitrogen and oxygen atoms in total. The summed E-state index contributed by atoms with van der Waals surface area (Å²) in [5.74, 6) is -1.08. The fourth-order valence-corrected chi connectivity index (χ4v) is 2.37. The van der Waals surface area contributed by atoms with E-state index in [4.69, 9.17) is 4.74 Å². The number of aliphatic carboxylic acids is 1. The van der Waals surface area contributed by atoms with Crippen LogP contribution in [-0.2, 0) is 9.53 Å². The summed E-state index contributed by atoms with van der Waals surface area (Å²) in [7, 11) is 0. The lowest BCUT2D eigenvalue weighted by Gasteiger charge is -2.42. The second-order valence-electron chi connectivity index (χ2n) is 5.65. The molecule has 1 aromatic carbocycles. The number of carboxylic acid groups (broad SMARTS) is 1. The fourth-order valence-electron chi connectivity index (χ4n) is 2.37. The van der Waals surface area contributed by atoms with Crippen molar-refractivity contribution in [2.45, 2.75) is 25.4 Å². The number of rotatable bonds is 3. The zero-order valence-corrected chi connectivity index (χ0v) is 12.2. The molecule has 1 heterocycles. The van der Waals surface area contributed by atoms with Gasteiger partial charge in [-0.05, 0) is 19.4 Å². The number of amides is 2. The number of hydrogen-bond donors (Lipinski definition) is 2. The molecule has 1 aromatic rings. The van der Waals surface area contributed by atoms with Crippen molar-refractivity contribution in [2.75, 3.05) is 19.8 Å². The minimum Gasteiger partial charge on any atom is -0.479 e. The van der Waals surface area contributed by atoms with E-state index in [0.29, 0.717) is 25.3 Å². The first-order chi connectivity index (χ1) is 9.92. The van der Waals surface area contributed by atoms with Gasteiger partial charge in [-0.3, -0.25) is 0 Å². The monoisotopic (exact) mass is 292 g/mol. The second-order valence-corrected chi connectivity index (χ2v) is 5.65. The molecule has 1 fully saturated rings. The quantitative estimate of drug-likeness (QED) is 0.887. The van der Waals surface area contributed by atoms with Gasteiger partial charge in [0.15, 0.2) is 6.04 Å². The Balaban J connectivity index is 2.14. The van der Waals surface area contributed by atoms with Gasteiger partial charge < -0.3 is 20.1 Å². The van der Waals surface area contributed by atoms with Gasteiger partial charge in [0, 0.05) is 6.54 Å². The van der Waals surface area contributed by atoms with E-state index in [-0.39, 0.29) is 6.03 Å². The first-order valence-corrected chi connectivity index (χ1v) is 6.85. The number of benzene rings is 1. The van der Waals surface area contributed by atoms with Crippen LogP contribution in [0.1, 0.15) is 25.5 Å². The maximum Gasteiger partial charge on any atom is 0.330 e. The molecule has 2 N–H and O–H groups in total. The lowest BCUT2D eigenvalue weighted by atomic mass is 10.0. The molecular weight excluding hydrogens is 272 g/mol. The SMILES string of the molecule is CC1(C)COCCN1C(=O)N[C@@H](C(=O)O)c1ccccc1. The molecule has 0 radical (unpaired) electrons. The van der Waals surface area contributed by atoms with E-state index in [0.717, 1.165) is 0 Å². The van der Waals surface area contributed by atoms with Crippen molar-refractivity contribution in [1.29, 1.82) is 0 Å². The summed E-state index contributed by atoms with van der Waals surface area (Å²) in [6.45, 7) is 5.12. The number of carboxylic acids is 1. The number of morpholine rings is 1. The number of carbonyl (C=O) groups is 2. The highest BCUT2D eigenvalue weighted by molar-refractivity contribution is 5.84. The Labute approximate surface area is 123 Å². The summed E-state index contributed by atoms with van der Waals surface area (Å²) in [6, 6.07) is 7.21. The van der Waals surface area contributed by atoms with Crippen LogP contribution in [0.15, 0.2) is 30.3 Å². The van der Waals surface area contributed by atoms with Crippen LogP contribution in [0.3, 0.4) is 0 Å². The van der Waals surface area contributed by atoms with Crippen molar-refractivity contribution in [3.63, 3.8) is 0 Å². The Kier molecular flexibility index (Phi) is 4.47. The third-order valence-electron chi connectivity index (χ3n) is 3.54. The molecule has 0 bridgehead atoms. The summed E-state index contributed by atoms with van der Waals surface area (Å²) in [5, 5.41) is 11.9. The molecule has 0 aliphatic carbocycles. The zero-order valence-electron chi connectivity index (χ0n) is 12.2. The average Bonchev–Trinajstić information content (AvgIpc) is 2.44. The molecule has 1 aliphatic rings. The largest absolute Gasteiger partial charge is 0.479 e. The highest BCUT2D eigenvalue weighted by Gasteiger charge is 2.36. The van der Waals surface area contributed by atoms with Crippen LogP contribution in [0.2, 0.25) is 0 Å². The molecule has 114 valence electrons. The predicted octanol–water partition coefficient (Wildman–Crippen LogP) is 1.63. The van der Waals surface area contributed by atoms with Gasteiger partial charge in [0.1, 0.15) is 0 Å². The maximum atomic E-state index is 12.4. The van der Waals surface area contributed by atoms with Crippen LogP contribution in [0, 0.1) is 0 Å². The van der Waals surface area contributed by atoms with Crippen molar-refractivity contribution < 1.29 is 19.4 Å². The van der Waals surface area contributed by atoms with Gasteiger partial charge >= 0.3 is 12.0 Å². The third-order valence-corrected chi connectivity index (χ3v) is 3.54. The highest BCUT2D eigenvalue weighted by atomic mass is 16.5. The third kappa shape index (κ3) is 3.52. The molecule has 21 heavy (non-hydrogen) atoms. The number of ether oxygens (including phenoxy) is 1. The van der Waals surface area contributed by atoms with Gasteiger partial charge in [-0.1, -0.05) is 30.3 Å². The Morgan fingerprint density at radius 1 is 1.33 bits per heavy atom. The topological polar surface area (TPSA) is 78.9 Å². The van der Waals surface area contributed by atoms with Crippen LogP contribution in [0.5, 0.6) is 0 Å². The summed E-state index contributed by atoms with van der Waals surface area (Å²) in [4.78, 5) is 25.4. The van der Waals surface area contributed by atoms with Crippen LogP contribution in [0.4, 0.5) is 4.79 Å². The van der Waals surface area contributed by atoms with E-state index in [1.165, 1.54) is 0 Å². The molecular formula is C15H20N2O4. The molecule has 1 aliphatic heterocycles. The first-order valence-electron chi connectivity index (χ1n) is 6.85. The lowest BCUT2D eigenvalue weighted by Crippen LogP contribution is -2.59. The Morgan fingerprint density at radius 2 is 2.00 bits per heavy atom. The zero-order chi connectivity index (χ0) is 15.5. The first kappa shape index (κ1) is 15.3. The van der Waals surface area contributed by atoms with E-state index < -0.39 is 17.6 Å². The molecule has 0 spiro atoms. The molecule has 1 saturated heterocycles. The highest BCUT2D eigenvalue weighted by Crippen LogP contribution is 2.20. The molecule has 2 amide bonds. The molecule has 6 heteroatoms. The summed E-state index contributed by atoms with van der Waals surface area (Å²) < 4.78 is 5.36. The number of nitrogens with one attached hydrogen (secondary N) is 1. The van der Waals surface area contributed by atoms with Crippen molar-refractivity contribution in [3.05, 3.63) is 35.9 Å². The van der Waals surface area contributed by atoms with Crippen LogP contribution >= 0.6 is 0 Å². The van der Waals surface area contributed by atoms with Gasteiger partial charge in [0.05, 0.1) is 18.8 Å². The van der Waals surface area contributed by atoms with Crippen LogP contribution < -0.4 is 5.32 Å². The van der Waals surface area contributed by atoms with E-state index in [9.17, 15) is 14.7 Å². The maximum absolute atomic E-state index is 12.4. The number of nitrogens with zero attached hydrogens (tertiary/aromatic N) is 1. The summed E-state index contributed by atoms with van der Waals surface area (Å²) in [6.07, 6.45) is 0. The van der Waals surface area contributed by atoms with Crippen molar-refractivity contribution >= 4 is 12.0 Å². The van der Waals surface area contributed by atoms with Crippen LogP contribution in [0.25, 0.3) is 0 Å². The van der Waals surface area contributed by atoms with Crippen molar-refractivity contribution in [2.24, 2.45) is 0 Å². The van der Waals surface area contributed by atoms with Crippen molar-refractivity contribution in [3.8, 4) is 0 Å². The minimum atomic E-state index is -1.08. The number of hydrogen-bond acceptors (Lipinski definition) is 3. The summed E-state index contributed by atoms with van der Waals surface area (Å²) >= 11 is 0. The Hall–Kier alpha value is -2.08. The number of urea groups is 1. The van der Waals surface area contributed by atoms with E-state index in [1.54, 1.807) is 35.2 Å². The number of carbonyl (C=O) groups excluding carboxylic acids is 1. The van der Waals surface area contributed by atoms with Gasteiger partial charge in [0.2, 0.25) is 0 Å². The standard InChI is InChI=1S/C15H20N2O4/c1-15(2)10-21-9-8-17(15)14(20)16-12(13(18)19)11-6-4-3-5-7-11/h3-7,12H,8-10H2,1-2H3,(H,16,20)(H,18,19)/t12-/m1/s1. The van der Waals surface area contributed by atoms with E-state index >= 15 is 0 Å². The minimum absolute atomic E-state index is 0.389. The molecule has 0 aromatic heterocycles. The normalized spacial score (nSPS) is 18.9. The fraction of sp³-hybridized carbons (Fsp3) is 0.467. The lowest BCUT2D eigenvalue weighted by molar-refractivity contribution is -0.139.